The minimum Gasteiger partial charge on any atom is -0.493 e. The molecule has 0 amide bonds. The van der Waals surface area contributed by atoms with Crippen molar-refractivity contribution in [2.24, 2.45) is 0 Å². The molecule has 11 nitrogen and oxygen atoms in total. The molecule has 0 saturated heterocycles. The Morgan fingerprint density at radius 2 is 0.562 bits per heavy atom. The Balaban J connectivity index is 0.000000634. The van der Waals surface area contributed by atoms with Crippen LogP contribution >= 0.6 is 0 Å². The van der Waals surface area contributed by atoms with Gasteiger partial charge in [-0.1, -0.05) is 249 Å². The molecule has 1 aliphatic carbocycles. The average Bonchev–Trinajstić information content (AvgIpc) is 0.920. The number of rotatable bonds is 8. The number of fused-ring (bicyclic) bond motifs is 8. The Labute approximate surface area is 684 Å². The van der Waals surface area contributed by atoms with Gasteiger partial charge in [-0.25, -0.2) is 0 Å². The molecule has 16 rings (SSSR count). The third-order valence-corrected chi connectivity index (χ3v) is 20.1. The van der Waals surface area contributed by atoms with Crippen LogP contribution in [0.25, 0.3) is 0 Å². The van der Waals surface area contributed by atoms with Crippen molar-refractivity contribution >= 4 is 5.69 Å². The number of ether oxygens (including phenoxy) is 10. The van der Waals surface area contributed by atoms with Crippen molar-refractivity contribution in [1.29, 1.82) is 0 Å². The van der Waals surface area contributed by atoms with E-state index in [4.69, 9.17) is 47.4 Å². The molecule has 0 atom stereocenters. The quantitative estimate of drug-likeness (QED) is 0.157. The van der Waals surface area contributed by atoms with Gasteiger partial charge >= 0.3 is 0 Å². The zero-order chi connectivity index (χ0) is 74.2. The molecule has 1 N–H and O–H groups in total. The van der Waals surface area contributed by atoms with Crippen LogP contribution in [0.15, 0.2) is 140 Å². The van der Waals surface area contributed by atoms with Crippen LogP contribution in [0.3, 0.4) is 0 Å². The van der Waals surface area contributed by atoms with E-state index in [1.54, 1.807) is 11.1 Å². The molecule has 0 radical (unpaired) electrons. The van der Waals surface area contributed by atoms with Crippen LogP contribution in [0.2, 0.25) is 0 Å². The monoisotopic (exact) mass is 1540 g/mol. The summed E-state index contributed by atoms with van der Waals surface area (Å²) in [4.78, 5) is 0. The SMILES string of the molecule is C.C.C.C.C.C.C.C.CC(C)c1ccc2c(c1)CCCC2.CC(C)c1ccc2c(c1)CCCO2.CC(C)c1ccc2c(c1)CCCO2.CC(C)c1ccc2c(c1)OCCC2.CC(C)c1ccc2c(c1)OCCN2.CC(C)c1ccc2c(c1)OCCO2.CC(C)c1ccc2c(c1)OCO2.Cc1c(C(C)C)ccc2c1OCCO2. The zero-order valence-corrected chi connectivity index (χ0v) is 66.1. The van der Waals surface area contributed by atoms with Crippen LogP contribution < -0.4 is 52.7 Å². The van der Waals surface area contributed by atoms with Gasteiger partial charge in [0, 0.05) is 6.54 Å². The zero-order valence-electron chi connectivity index (χ0n) is 66.1. The Morgan fingerprint density at radius 1 is 0.241 bits per heavy atom. The second kappa shape index (κ2) is 50.6. The third kappa shape index (κ3) is 29.5. The van der Waals surface area contributed by atoms with E-state index in [0.717, 1.165) is 115 Å². The molecule has 0 aromatic heterocycles. The van der Waals surface area contributed by atoms with Crippen molar-refractivity contribution in [3.8, 4) is 57.5 Å². The lowest BCUT2D eigenvalue weighted by Crippen LogP contribution is -2.18. The summed E-state index contributed by atoms with van der Waals surface area (Å²) < 4.78 is 54.8. The number of nitrogens with one attached hydrogen (secondary N) is 1. The van der Waals surface area contributed by atoms with Gasteiger partial charge in [-0.15, -0.1) is 0 Å². The molecule has 112 heavy (non-hydrogen) atoms. The van der Waals surface area contributed by atoms with Gasteiger partial charge < -0.3 is 52.7 Å². The van der Waals surface area contributed by atoms with Crippen molar-refractivity contribution in [2.75, 3.05) is 71.5 Å². The Hall–Kier alpha value is -8.44. The molecule has 0 saturated carbocycles. The van der Waals surface area contributed by atoms with Gasteiger partial charge in [-0.2, -0.15) is 0 Å². The highest BCUT2D eigenvalue weighted by atomic mass is 16.7. The largest absolute Gasteiger partial charge is 0.493 e. The molecule has 0 fully saturated rings. The van der Waals surface area contributed by atoms with Gasteiger partial charge in [-0.3, -0.25) is 0 Å². The van der Waals surface area contributed by atoms with Crippen LogP contribution in [0.4, 0.5) is 5.69 Å². The van der Waals surface area contributed by atoms with Crippen molar-refractivity contribution < 1.29 is 47.4 Å². The number of aryl methyl sites for hydroxylation is 5. The van der Waals surface area contributed by atoms with E-state index in [1.807, 2.05) is 24.3 Å². The van der Waals surface area contributed by atoms with Gasteiger partial charge in [0.25, 0.3) is 0 Å². The summed E-state index contributed by atoms with van der Waals surface area (Å²) in [7, 11) is 0. The molecular formula is C101H155NO10. The number of anilines is 1. The minimum absolute atomic E-state index is 0. The van der Waals surface area contributed by atoms with Crippen LogP contribution in [0.1, 0.15) is 328 Å². The molecule has 8 aromatic rings. The molecule has 0 unspecified atom stereocenters. The Morgan fingerprint density at radius 3 is 1.05 bits per heavy atom. The third-order valence-electron chi connectivity index (χ3n) is 20.1. The molecule has 8 aromatic carbocycles. The van der Waals surface area contributed by atoms with Crippen molar-refractivity contribution in [3.63, 3.8) is 0 Å². The summed E-state index contributed by atoms with van der Waals surface area (Å²) in [5.41, 5.74) is 20.7. The number of hydrogen-bond acceptors (Lipinski definition) is 11. The summed E-state index contributed by atoms with van der Waals surface area (Å²) >= 11 is 0. The summed E-state index contributed by atoms with van der Waals surface area (Å²) in [5.74, 6) is 14.3. The fourth-order valence-electron chi connectivity index (χ4n) is 13.4. The topological polar surface area (TPSA) is 104 Å². The van der Waals surface area contributed by atoms with E-state index >= 15 is 0 Å². The average molecular weight is 1540 g/mol. The summed E-state index contributed by atoms with van der Waals surface area (Å²) in [5, 5.41) is 3.30. The fourth-order valence-corrected chi connectivity index (χ4v) is 13.4. The predicted molar refractivity (Wildman–Crippen MR) is 483 cm³/mol. The fraction of sp³-hybridized carbons (Fsp3) is 0.525. The van der Waals surface area contributed by atoms with Crippen LogP contribution in [0, 0.1) is 6.92 Å². The first-order valence-electron chi connectivity index (χ1n) is 39.2. The molecule has 0 spiro atoms. The highest BCUT2D eigenvalue weighted by molar-refractivity contribution is 5.59. The normalized spacial score (nSPS) is 13.9. The maximum atomic E-state index is 5.62. The van der Waals surface area contributed by atoms with E-state index in [2.05, 4.69) is 238 Å². The summed E-state index contributed by atoms with van der Waals surface area (Å²) in [6, 6.07) is 49.6. The molecule has 11 heteroatoms. The molecular weight excluding hydrogens is 1390 g/mol. The van der Waals surface area contributed by atoms with Gasteiger partial charge in [0.2, 0.25) is 6.79 Å². The highest BCUT2D eigenvalue weighted by Gasteiger charge is 2.21. The summed E-state index contributed by atoms with van der Waals surface area (Å²) in [6.07, 6.45) is 12.4. The van der Waals surface area contributed by atoms with Crippen LogP contribution in [-0.2, 0) is 32.1 Å². The molecule has 7 aliphatic heterocycles. The lowest BCUT2D eigenvalue weighted by molar-refractivity contribution is 0.170. The lowest BCUT2D eigenvalue weighted by atomic mass is 9.88. The van der Waals surface area contributed by atoms with Crippen molar-refractivity contribution in [3.05, 3.63) is 217 Å². The molecule has 0 bridgehead atoms. The van der Waals surface area contributed by atoms with Crippen LogP contribution in [0.5, 0.6) is 57.5 Å². The minimum atomic E-state index is 0. The Kier molecular flexibility index (Phi) is 45.9. The van der Waals surface area contributed by atoms with E-state index in [1.165, 1.54) is 112 Å². The highest BCUT2D eigenvalue weighted by Crippen LogP contribution is 2.40. The van der Waals surface area contributed by atoms with Gasteiger partial charge in [0.15, 0.2) is 34.5 Å². The van der Waals surface area contributed by atoms with Gasteiger partial charge in [-0.05, 0) is 257 Å². The van der Waals surface area contributed by atoms with E-state index in [9.17, 15) is 0 Å². The first kappa shape index (κ1) is 102. The maximum Gasteiger partial charge on any atom is 0.231 e. The van der Waals surface area contributed by atoms with E-state index in [-0.39, 0.29) is 59.4 Å². The first-order chi connectivity index (χ1) is 50.1. The number of benzene rings is 8. The molecule has 624 valence electrons. The maximum absolute atomic E-state index is 5.62. The number of hydrogen-bond donors (Lipinski definition) is 1. The van der Waals surface area contributed by atoms with E-state index in [0.29, 0.717) is 80.6 Å². The standard InChI is InChI=1S/C13H18.C12H16O2.3C12H16O.C11H15NO.C11H14O2.C10H12O2.8CH4/c1-10(2)12-8-7-11-5-3-4-6-13(11)9-12;1-8(2)10-4-5-11-12(9(10)3)14-7-6-13-11;2*1-9(2)10-5-6-12-11(8-10)4-3-7-13-12;1-9(2)11-6-5-10-4-3-7-13-12(10)8-11;2*1-8(2)9-3-4-10-11(7-9)13-6-5-12-10;1-7(2)8-3-4-9-10(5-8)12-6-11-9;;;;;;;;/h7-10H,3-6H2,1-2H3;4-5,8H,6-7H2,1-3H3;3*5-6,8-9H,3-4,7H2,1-2H3;3-4,7-8,12H,5-6H2,1-2H3;3-4,7-8H,5-6H2,1-2H3;3-5,7H,6H2,1-2H3;8*1H4. The van der Waals surface area contributed by atoms with E-state index < -0.39 is 0 Å². The van der Waals surface area contributed by atoms with Crippen molar-refractivity contribution in [1.82, 2.24) is 0 Å². The Bertz CT molecular complexity index is 3500. The van der Waals surface area contributed by atoms with Crippen molar-refractivity contribution in [2.45, 2.75) is 289 Å². The molecule has 8 aliphatic rings. The van der Waals surface area contributed by atoms with Gasteiger partial charge in [0.05, 0.1) is 25.5 Å². The lowest BCUT2D eigenvalue weighted by Gasteiger charge is -2.22. The predicted octanol–water partition coefficient (Wildman–Crippen LogP) is 28.8. The van der Waals surface area contributed by atoms with Crippen LogP contribution in [-0.4, -0.2) is 66.2 Å². The smallest absolute Gasteiger partial charge is 0.231 e. The molecule has 7 heterocycles. The first-order valence-corrected chi connectivity index (χ1v) is 39.2. The van der Waals surface area contributed by atoms with Gasteiger partial charge in [0.1, 0.15) is 56.0 Å². The second-order valence-corrected chi connectivity index (χ2v) is 30.8. The second-order valence-electron chi connectivity index (χ2n) is 30.8. The summed E-state index contributed by atoms with van der Waals surface area (Å²) in [6.45, 7) is 44.8.